The molecule has 0 atom stereocenters. The lowest BCUT2D eigenvalue weighted by Crippen LogP contribution is -1.79. The summed E-state index contributed by atoms with van der Waals surface area (Å²) in [5.74, 6) is 0. The Balaban J connectivity index is 0.000000396. The molecule has 2 aromatic rings. The zero-order valence-electron chi connectivity index (χ0n) is 8.20. The fraction of sp³-hybridized carbons (Fsp3) is 0.167. The molecule has 0 bridgehead atoms. The van der Waals surface area contributed by atoms with Gasteiger partial charge in [0.25, 0.3) is 0 Å². The average Bonchev–Trinajstić information content (AvgIpc) is 2.64. The van der Waals surface area contributed by atoms with Gasteiger partial charge in [0.15, 0.2) is 0 Å². The largest absolute Gasteiger partial charge is 0.324 e. The number of aromatic nitrogens is 1. The Morgan fingerprint density at radius 2 is 1.85 bits per heavy atom. The molecular formula is C12H15N. The molecule has 1 heterocycles. The van der Waals surface area contributed by atoms with Gasteiger partial charge in [-0.3, -0.25) is 0 Å². The molecule has 0 unspecified atom stereocenters. The van der Waals surface area contributed by atoms with E-state index in [0.29, 0.717) is 0 Å². The quantitative estimate of drug-likeness (QED) is 0.618. The third-order valence-electron chi connectivity index (χ3n) is 1.83. The number of nitrogens with zero attached hydrogens (tertiary/aromatic N) is 1. The summed E-state index contributed by atoms with van der Waals surface area (Å²) in [6, 6.07) is 10.3. The predicted octanol–water partition coefficient (Wildman–Crippen LogP) is 3.77. The first kappa shape index (κ1) is 9.59. The van der Waals surface area contributed by atoms with E-state index in [4.69, 9.17) is 0 Å². The highest BCUT2D eigenvalue weighted by Crippen LogP contribution is 2.14. The summed E-state index contributed by atoms with van der Waals surface area (Å²) in [6.07, 6.45) is 3.82. The van der Waals surface area contributed by atoms with Crippen molar-refractivity contribution in [1.82, 2.24) is 4.57 Å². The topological polar surface area (TPSA) is 4.93 Å². The Hall–Kier alpha value is -1.50. The maximum Gasteiger partial charge on any atom is 0.0522 e. The molecule has 0 saturated carbocycles. The van der Waals surface area contributed by atoms with Crippen molar-refractivity contribution in [3.63, 3.8) is 0 Å². The minimum absolute atomic E-state index is 1.21. The van der Waals surface area contributed by atoms with Gasteiger partial charge in [0.05, 0.1) is 5.52 Å². The van der Waals surface area contributed by atoms with Gasteiger partial charge in [-0.05, 0) is 17.5 Å². The van der Waals surface area contributed by atoms with Crippen molar-refractivity contribution in [2.45, 2.75) is 13.8 Å². The van der Waals surface area contributed by atoms with E-state index in [9.17, 15) is 0 Å². The molecule has 0 N–H and O–H groups in total. The molecule has 0 fully saturated rings. The zero-order valence-corrected chi connectivity index (χ0v) is 8.20. The molecule has 2 rings (SSSR count). The highest BCUT2D eigenvalue weighted by molar-refractivity contribution is 5.81. The van der Waals surface area contributed by atoms with Crippen LogP contribution >= 0.6 is 0 Å². The molecule has 1 aromatic heterocycles. The fourth-order valence-electron chi connectivity index (χ4n) is 1.26. The van der Waals surface area contributed by atoms with Crippen molar-refractivity contribution in [2.24, 2.45) is 0 Å². The SMILES string of the molecule is C=Cn1ccc2ccccc21.CC. The van der Waals surface area contributed by atoms with Gasteiger partial charge in [0.2, 0.25) is 0 Å². The fourth-order valence-corrected chi connectivity index (χ4v) is 1.26. The standard InChI is InChI=1S/C10H9N.C2H6/c1-2-11-8-7-9-5-3-4-6-10(9)11;1-2/h2-8H,1H2;1-2H3. The number of hydrogen-bond acceptors (Lipinski definition) is 0. The molecule has 0 saturated heterocycles. The summed E-state index contributed by atoms with van der Waals surface area (Å²) in [5.41, 5.74) is 1.21. The van der Waals surface area contributed by atoms with Gasteiger partial charge in [0.1, 0.15) is 0 Å². The Kier molecular flexibility index (Phi) is 3.32. The van der Waals surface area contributed by atoms with Crippen LogP contribution in [-0.4, -0.2) is 4.57 Å². The number of fused-ring (bicyclic) bond motifs is 1. The molecular weight excluding hydrogens is 158 g/mol. The first-order chi connectivity index (χ1) is 6.42. The molecule has 68 valence electrons. The smallest absolute Gasteiger partial charge is 0.0522 e. The van der Waals surface area contributed by atoms with E-state index < -0.39 is 0 Å². The number of rotatable bonds is 1. The highest BCUT2D eigenvalue weighted by Gasteiger charge is 1.93. The first-order valence-electron chi connectivity index (χ1n) is 4.60. The van der Waals surface area contributed by atoms with E-state index in [2.05, 4.69) is 24.8 Å². The number of para-hydroxylation sites is 1. The van der Waals surface area contributed by atoms with Crippen LogP contribution in [0.2, 0.25) is 0 Å². The molecule has 1 aromatic carbocycles. The van der Waals surface area contributed by atoms with Crippen LogP contribution in [0.25, 0.3) is 17.1 Å². The van der Waals surface area contributed by atoms with Gasteiger partial charge in [0, 0.05) is 12.4 Å². The third kappa shape index (κ3) is 1.81. The van der Waals surface area contributed by atoms with Crippen LogP contribution in [0.1, 0.15) is 13.8 Å². The second-order valence-corrected chi connectivity index (χ2v) is 2.46. The van der Waals surface area contributed by atoms with E-state index in [1.165, 1.54) is 10.9 Å². The molecule has 13 heavy (non-hydrogen) atoms. The first-order valence-corrected chi connectivity index (χ1v) is 4.60. The predicted molar refractivity (Wildman–Crippen MR) is 59.7 cm³/mol. The monoisotopic (exact) mass is 173 g/mol. The molecule has 0 aliphatic carbocycles. The van der Waals surface area contributed by atoms with Crippen LogP contribution in [0.3, 0.4) is 0 Å². The molecule has 0 radical (unpaired) electrons. The Morgan fingerprint density at radius 1 is 1.15 bits per heavy atom. The summed E-state index contributed by atoms with van der Waals surface area (Å²) in [7, 11) is 0. The minimum atomic E-state index is 1.21. The van der Waals surface area contributed by atoms with Crippen molar-refractivity contribution in [3.05, 3.63) is 43.1 Å². The van der Waals surface area contributed by atoms with Crippen molar-refractivity contribution >= 4 is 17.1 Å². The summed E-state index contributed by atoms with van der Waals surface area (Å²) in [6.45, 7) is 7.72. The molecule has 0 aliphatic rings. The second-order valence-electron chi connectivity index (χ2n) is 2.46. The average molecular weight is 173 g/mol. The summed E-state index contributed by atoms with van der Waals surface area (Å²) >= 11 is 0. The lowest BCUT2D eigenvalue weighted by molar-refractivity contribution is 1.23. The summed E-state index contributed by atoms with van der Waals surface area (Å²) in [5, 5.41) is 1.26. The lowest BCUT2D eigenvalue weighted by Gasteiger charge is -1.94. The molecule has 0 spiro atoms. The van der Waals surface area contributed by atoms with E-state index in [1.54, 1.807) is 0 Å². The summed E-state index contributed by atoms with van der Waals surface area (Å²) < 4.78 is 2.01. The van der Waals surface area contributed by atoms with E-state index in [0.717, 1.165) is 0 Å². The van der Waals surface area contributed by atoms with E-state index in [-0.39, 0.29) is 0 Å². The molecule has 0 amide bonds. The van der Waals surface area contributed by atoms with Crippen LogP contribution in [0.4, 0.5) is 0 Å². The molecule has 1 heteroatoms. The normalized spacial score (nSPS) is 9.08. The van der Waals surface area contributed by atoms with Gasteiger partial charge in [-0.1, -0.05) is 38.6 Å². The maximum absolute atomic E-state index is 3.72. The lowest BCUT2D eigenvalue weighted by atomic mass is 10.2. The van der Waals surface area contributed by atoms with Crippen LogP contribution in [0, 0.1) is 0 Å². The molecule has 1 nitrogen and oxygen atoms in total. The van der Waals surface area contributed by atoms with Crippen LogP contribution in [0.5, 0.6) is 0 Å². The summed E-state index contributed by atoms with van der Waals surface area (Å²) in [4.78, 5) is 0. The minimum Gasteiger partial charge on any atom is -0.324 e. The third-order valence-corrected chi connectivity index (χ3v) is 1.83. The van der Waals surface area contributed by atoms with Crippen molar-refractivity contribution in [3.8, 4) is 0 Å². The Bertz CT molecular complexity index is 385. The van der Waals surface area contributed by atoms with Gasteiger partial charge < -0.3 is 4.57 Å². The van der Waals surface area contributed by atoms with E-state index >= 15 is 0 Å². The van der Waals surface area contributed by atoms with Crippen LogP contribution in [-0.2, 0) is 0 Å². The molecule has 0 aliphatic heterocycles. The van der Waals surface area contributed by atoms with Gasteiger partial charge in [-0.15, -0.1) is 0 Å². The van der Waals surface area contributed by atoms with Crippen LogP contribution < -0.4 is 0 Å². The second kappa shape index (κ2) is 4.51. The van der Waals surface area contributed by atoms with Crippen LogP contribution in [0.15, 0.2) is 43.1 Å². The van der Waals surface area contributed by atoms with Gasteiger partial charge >= 0.3 is 0 Å². The highest BCUT2D eigenvalue weighted by atomic mass is 14.9. The van der Waals surface area contributed by atoms with Gasteiger partial charge in [-0.2, -0.15) is 0 Å². The van der Waals surface area contributed by atoms with E-state index in [1.807, 2.05) is 42.9 Å². The Morgan fingerprint density at radius 3 is 2.54 bits per heavy atom. The Labute approximate surface area is 79.3 Å². The van der Waals surface area contributed by atoms with Gasteiger partial charge in [-0.25, -0.2) is 0 Å². The number of benzene rings is 1. The number of hydrogen-bond donors (Lipinski definition) is 0. The zero-order chi connectivity index (χ0) is 9.68. The maximum atomic E-state index is 3.72. The van der Waals surface area contributed by atoms with Crippen molar-refractivity contribution in [1.29, 1.82) is 0 Å². The van der Waals surface area contributed by atoms with Crippen molar-refractivity contribution in [2.75, 3.05) is 0 Å². The van der Waals surface area contributed by atoms with Crippen molar-refractivity contribution < 1.29 is 0 Å².